The number of benzene rings is 1. The zero-order valence-electron chi connectivity index (χ0n) is 11.2. The van der Waals surface area contributed by atoms with Crippen molar-refractivity contribution in [2.24, 2.45) is 0 Å². The van der Waals surface area contributed by atoms with Crippen LogP contribution in [0.25, 0.3) is 0 Å². The van der Waals surface area contributed by atoms with E-state index in [1.54, 1.807) is 0 Å². The summed E-state index contributed by atoms with van der Waals surface area (Å²) in [5.41, 5.74) is 1.57. The van der Waals surface area contributed by atoms with E-state index in [1.165, 1.54) is 0 Å². The Morgan fingerprint density at radius 3 is 2.76 bits per heavy atom. The van der Waals surface area contributed by atoms with E-state index in [1.807, 2.05) is 30.3 Å². The third-order valence-corrected chi connectivity index (χ3v) is 4.91. The molecular formula is C15H14Br2N2O2. The zero-order chi connectivity index (χ0) is 14.8. The molecule has 1 saturated carbocycles. The van der Waals surface area contributed by atoms with Gasteiger partial charge in [-0.3, -0.25) is 4.79 Å². The summed E-state index contributed by atoms with van der Waals surface area (Å²) in [6.45, 7) is 0.553. The first-order valence-electron chi connectivity index (χ1n) is 6.70. The second-order valence-corrected chi connectivity index (χ2v) is 6.59. The molecule has 1 fully saturated rings. The Morgan fingerprint density at radius 2 is 2.10 bits per heavy atom. The molecule has 0 bridgehead atoms. The first kappa shape index (κ1) is 14.7. The molecule has 1 aliphatic rings. The smallest absolute Gasteiger partial charge is 0.251 e. The largest absolute Gasteiger partial charge is 0.451 e. The molecule has 21 heavy (non-hydrogen) atoms. The van der Waals surface area contributed by atoms with Crippen LogP contribution in [0.2, 0.25) is 0 Å². The third-order valence-electron chi connectivity index (χ3n) is 3.20. The van der Waals surface area contributed by atoms with Crippen LogP contribution in [0.15, 0.2) is 43.9 Å². The van der Waals surface area contributed by atoms with Gasteiger partial charge in [0.15, 0.2) is 4.67 Å². The lowest BCUT2D eigenvalue weighted by Crippen LogP contribution is -2.25. The summed E-state index contributed by atoms with van der Waals surface area (Å²) in [6, 6.07) is 9.75. The number of carbonyl (C=O) groups excluding carboxylic acids is 1. The highest BCUT2D eigenvalue weighted by Gasteiger charge is 2.23. The molecule has 0 aliphatic heterocycles. The highest BCUT2D eigenvalue weighted by Crippen LogP contribution is 2.27. The molecule has 1 amide bonds. The topological polar surface area (TPSA) is 54.3 Å². The van der Waals surface area contributed by atoms with Gasteiger partial charge in [0.1, 0.15) is 5.76 Å². The molecule has 2 aromatic rings. The van der Waals surface area contributed by atoms with Gasteiger partial charge in [-0.2, -0.15) is 0 Å². The second kappa shape index (κ2) is 6.23. The van der Waals surface area contributed by atoms with Crippen LogP contribution in [-0.4, -0.2) is 11.9 Å². The van der Waals surface area contributed by atoms with Crippen LogP contribution in [0.5, 0.6) is 0 Å². The molecule has 1 heterocycles. The fraction of sp³-hybridized carbons (Fsp3) is 0.267. The zero-order valence-corrected chi connectivity index (χ0v) is 14.3. The number of nitrogens with one attached hydrogen (secondary N) is 2. The van der Waals surface area contributed by atoms with Crippen molar-refractivity contribution in [3.63, 3.8) is 0 Å². The molecule has 110 valence electrons. The lowest BCUT2D eigenvalue weighted by Gasteiger charge is -2.07. The second-order valence-electron chi connectivity index (χ2n) is 5.02. The van der Waals surface area contributed by atoms with Gasteiger partial charge in [-0.1, -0.05) is 6.07 Å². The van der Waals surface area contributed by atoms with Crippen LogP contribution >= 0.6 is 31.9 Å². The molecule has 2 N–H and O–H groups in total. The summed E-state index contributed by atoms with van der Waals surface area (Å²) < 4.78 is 7.07. The quantitative estimate of drug-likeness (QED) is 0.767. The highest BCUT2D eigenvalue weighted by molar-refractivity contribution is 9.13. The number of halogens is 2. The van der Waals surface area contributed by atoms with Crippen molar-refractivity contribution in [2.45, 2.75) is 25.4 Å². The van der Waals surface area contributed by atoms with Crippen molar-refractivity contribution < 1.29 is 9.21 Å². The minimum Gasteiger partial charge on any atom is -0.451 e. The number of furan rings is 1. The van der Waals surface area contributed by atoms with Crippen LogP contribution in [0.1, 0.15) is 29.0 Å². The van der Waals surface area contributed by atoms with Crippen molar-refractivity contribution in [1.29, 1.82) is 0 Å². The molecule has 3 rings (SSSR count). The van der Waals surface area contributed by atoms with E-state index in [9.17, 15) is 4.79 Å². The lowest BCUT2D eigenvalue weighted by atomic mass is 10.2. The molecule has 0 radical (unpaired) electrons. The SMILES string of the molecule is O=C(NC1CC1)c1cccc(NCc2cc(Br)c(Br)o2)c1. The maximum atomic E-state index is 12.0. The summed E-state index contributed by atoms with van der Waals surface area (Å²) in [6.07, 6.45) is 2.18. The molecule has 0 saturated heterocycles. The molecular weight excluding hydrogens is 400 g/mol. The molecule has 1 aliphatic carbocycles. The number of hydrogen-bond acceptors (Lipinski definition) is 3. The Morgan fingerprint density at radius 1 is 1.29 bits per heavy atom. The average Bonchev–Trinajstić information content (AvgIpc) is 3.22. The molecule has 0 spiro atoms. The Bertz CT molecular complexity index is 646. The summed E-state index contributed by atoms with van der Waals surface area (Å²) in [5.74, 6) is 0.797. The monoisotopic (exact) mass is 412 g/mol. The number of hydrogen-bond donors (Lipinski definition) is 2. The highest BCUT2D eigenvalue weighted by atomic mass is 79.9. The minimum atomic E-state index is -0.00959. The first-order chi connectivity index (χ1) is 10.1. The maximum absolute atomic E-state index is 12.0. The third kappa shape index (κ3) is 3.89. The number of rotatable bonds is 5. The van der Waals surface area contributed by atoms with Gasteiger partial charge in [0.05, 0.1) is 11.0 Å². The maximum Gasteiger partial charge on any atom is 0.251 e. The Labute approximate surface area is 139 Å². The van der Waals surface area contributed by atoms with Gasteiger partial charge in [-0.15, -0.1) is 0 Å². The number of carbonyl (C=O) groups is 1. The van der Waals surface area contributed by atoms with Crippen molar-refractivity contribution in [1.82, 2.24) is 5.32 Å². The molecule has 6 heteroatoms. The van der Waals surface area contributed by atoms with Gasteiger partial charge < -0.3 is 15.1 Å². The van der Waals surface area contributed by atoms with Crippen LogP contribution < -0.4 is 10.6 Å². The van der Waals surface area contributed by atoms with Gasteiger partial charge >= 0.3 is 0 Å². The van der Waals surface area contributed by atoms with E-state index in [-0.39, 0.29) is 5.91 Å². The van der Waals surface area contributed by atoms with Crippen LogP contribution in [-0.2, 0) is 6.54 Å². The molecule has 4 nitrogen and oxygen atoms in total. The summed E-state index contributed by atoms with van der Waals surface area (Å²) in [7, 11) is 0. The van der Waals surface area contributed by atoms with E-state index < -0.39 is 0 Å². The fourth-order valence-corrected chi connectivity index (χ4v) is 2.59. The standard InChI is InChI=1S/C15H14Br2N2O2/c16-13-7-12(21-14(13)17)8-18-11-3-1-2-9(6-11)15(20)19-10-4-5-10/h1-3,6-7,10,18H,4-5,8H2,(H,19,20). The Hall–Kier alpha value is -1.27. The van der Waals surface area contributed by atoms with E-state index >= 15 is 0 Å². The van der Waals surface area contributed by atoms with Gasteiger partial charge in [-0.25, -0.2) is 0 Å². The van der Waals surface area contributed by atoms with Gasteiger partial charge in [-0.05, 0) is 69.0 Å². The number of amides is 1. The van der Waals surface area contributed by atoms with Gasteiger partial charge in [0, 0.05) is 17.3 Å². The summed E-state index contributed by atoms with van der Waals surface area (Å²) in [4.78, 5) is 12.0. The van der Waals surface area contributed by atoms with Crippen LogP contribution in [0.4, 0.5) is 5.69 Å². The van der Waals surface area contributed by atoms with Crippen molar-refractivity contribution in [3.8, 4) is 0 Å². The van der Waals surface area contributed by atoms with Crippen molar-refractivity contribution >= 4 is 43.5 Å². The normalized spacial score (nSPS) is 14.0. The van der Waals surface area contributed by atoms with Gasteiger partial charge in [0.2, 0.25) is 0 Å². The van der Waals surface area contributed by atoms with E-state index in [4.69, 9.17) is 4.42 Å². The summed E-state index contributed by atoms with van der Waals surface area (Å²) in [5, 5.41) is 6.23. The lowest BCUT2D eigenvalue weighted by molar-refractivity contribution is 0.0951. The summed E-state index contributed by atoms with van der Waals surface area (Å²) >= 11 is 6.69. The van der Waals surface area contributed by atoms with E-state index in [0.29, 0.717) is 22.8 Å². The molecule has 1 aromatic heterocycles. The van der Waals surface area contributed by atoms with Crippen molar-refractivity contribution in [2.75, 3.05) is 5.32 Å². The Balaban J connectivity index is 1.63. The first-order valence-corrected chi connectivity index (χ1v) is 8.29. The molecule has 0 atom stereocenters. The van der Waals surface area contributed by atoms with Crippen LogP contribution in [0, 0.1) is 0 Å². The van der Waals surface area contributed by atoms with Crippen LogP contribution in [0.3, 0.4) is 0 Å². The predicted octanol–water partition coefficient (Wildman–Crippen LogP) is 4.31. The van der Waals surface area contributed by atoms with Gasteiger partial charge in [0.25, 0.3) is 5.91 Å². The number of anilines is 1. The van der Waals surface area contributed by atoms with E-state index in [0.717, 1.165) is 28.8 Å². The fourth-order valence-electron chi connectivity index (χ4n) is 1.93. The minimum absolute atomic E-state index is 0.00959. The van der Waals surface area contributed by atoms with Crippen molar-refractivity contribution in [3.05, 3.63) is 50.8 Å². The molecule has 0 unspecified atom stereocenters. The average molecular weight is 414 g/mol. The molecule has 1 aromatic carbocycles. The van der Waals surface area contributed by atoms with E-state index in [2.05, 4.69) is 42.5 Å². The Kier molecular flexibility index (Phi) is 4.35. The predicted molar refractivity (Wildman–Crippen MR) is 88.4 cm³/mol.